The molecule has 60 heavy (non-hydrogen) atoms. The van der Waals surface area contributed by atoms with Crippen LogP contribution in [-0.2, 0) is 41.1 Å². The van der Waals surface area contributed by atoms with Gasteiger partial charge in [0.05, 0.1) is 31.7 Å². The highest BCUT2D eigenvalue weighted by molar-refractivity contribution is 8.13. The number of rotatable bonds is 22. The monoisotopic (exact) mass is 927 g/mol. The first-order valence-electron chi connectivity index (χ1n) is 17.2. The van der Waals surface area contributed by atoms with Crippen molar-refractivity contribution in [1.29, 1.82) is 0 Å². The van der Waals surface area contributed by atoms with E-state index in [2.05, 4.69) is 33.8 Å². The van der Waals surface area contributed by atoms with Crippen LogP contribution in [0.2, 0.25) is 0 Å². The predicted octanol–water partition coefficient (Wildman–Crippen LogP) is -2.48. The Hall–Kier alpha value is -3.46. The summed E-state index contributed by atoms with van der Waals surface area (Å²) in [5.74, 6) is -2.03. The second-order valence-electron chi connectivity index (χ2n) is 13.4. The van der Waals surface area contributed by atoms with Gasteiger partial charge in [0.2, 0.25) is 0 Å². The molecule has 334 valence electrons. The van der Waals surface area contributed by atoms with Gasteiger partial charge in [-0.2, -0.15) is 4.31 Å². The van der Waals surface area contributed by atoms with Crippen molar-refractivity contribution in [3.63, 3.8) is 0 Å². The van der Waals surface area contributed by atoms with E-state index in [0.29, 0.717) is 5.56 Å². The Morgan fingerprint density at radius 2 is 1.72 bits per heavy atom. The minimum absolute atomic E-state index is 0.000311. The van der Waals surface area contributed by atoms with E-state index >= 15 is 0 Å². The molecule has 3 aromatic rings. The lowest BCUT2D eigenvalue weighted by Gasteiger charge is -2.34. The normalized spacial score (nSPS) is 23.1. The van der Waals surface area contributed by atoms with Crippen LogP contribution in [0.5, 0.6) is 5.75 Å². The fraction of sp³-hybridized carbons (Fsp3) is 0.533. The van der Waals surface area contributed by atoms with Crippen LogP contribution in [0, 0.1) is 5.41 Å². The van der Waals surface area contributed by atoms with E-state index in [1.807, 2.05) is 0 Å². The van der Waals surface area contributed by atoms with Crippen LogP contribution in [0.15, 0.2) is 46.9 Å². The first kappa shape index (κ1) is 49.2. The molecule has 1 aliphatic heterocycles. The number of aromatic nitrogens is 4. The summed E-state index contributed by atoms with van der Waals surface area (Å²) < 4.78 is 61.7. The number of ether oxygens (including phenoxy) is 1. The molecule has 1 fully saturated rings. The zero-order valence-corrected chi connectivity index (χ0v) is 34.9. The molecule has 2 aromatic heterocycles. The van der Waals surface area contributed by atoms with Crippen molar-refractivity contribution in [3.8, 4) is 5.75 Å². The molecule has 1 aromatic carbocycles. The molecule has 0 amide bonds. The summed E-state index contributed by atoms with van der Waals surface area (Å²) in [7, 11) is -16.8. The number of benzene rings is 1. The smallest absolute Gasteiger partial charge is 0.481 e. The Kier molecular flexibility index (Phi) is 16.9. The Morgan fingerprint density at radius 1 is 1.05 bits per heavy atom. The number of imidazole rings is 1. The van der Waals surface area contributed by atoms with Gasteiger partial charge in [0.25, 0.3) is 7.82 Å². The van der Waals surface area contributed by atoms with Crippen molar-refractivity contribution < 1.29 is 91.3 Å². The van der Waals surface area contributed by atoms with Gasteiger partial charge in [0.15, 0.2) is 22.8 Å². The number of nitrogens with zero attached hydrogens (tertiary/aromatic N) is 6. The minimum atomic E-state index is -5.62. The largest absolute Gasteiger partial charge is 0.872 e. The third kappa shape index (κ3) is 14.3. The molecule has 0 radical (unpaired) electrons. The number of hydrogen-bond acceptors (Lipinski definition) is 23. The summed E-state index contributed by atoms with van der Waals surface area (Å²) in [5.41, 5.74) is 4.51. The molecule has 30 heteroatoms. The standard InChI is InChI=1S/C30H44N7O19P3S/c1-30(2,25(43)28(44)33-8-7-20(40)32-9-10-60-21(41)11-18(39)16-3-5-17(38)6-4-16)13-53-59(50,51)56-58(48,49)52-12-19-24(55-57(45,46)47)23(42)29(54-19)37-15-36-22-26(31)34-14-35-27(22)37/h3-6,14-15,18-19,23-25,29,38-39,42-43H,7-13H2,1-2H3,(H,32,40)(H,33,44)(H,48,49)(H,50,51)(H2,31,34,35)(H2,45,46,47)/p-4. The van der Waals surface area contributed by atoms with Gasteiger partial charge in [-0.15, -0.1) is 5.75 Å². The number of thioether (sulfide) groups is 1. The molecule has 9 unspecified atom stereocenters. The maximum atomic E-state index is 12.7. The first-order valence-corrected chi connectivity index (χ1v) is 22.7. The third-order valence-electron chi connectivity index (χ3n) is 8.27. The number of hydrogen-bond donors (Lipinski definition) is 7. The number of phosphoric ester groups is 3. The number of anilines is 1. The van der Waals surface area contributed by atoms with E-state index in [9.17, 15) is 68.7 Å². The van der Waals surface area contributed by atoms with Gasteiger partial charge < -0.3 is 75.2 Å². The van der Waals surface area contributed by atoms with Gasteiger partial charge in [0, 0.05) is 30.7 Å². The van der Waals surface area contributed by atoms with Crippen LogP contribution in [0.1, 0.15) is 44.6 Å². The maximum Gasteiger partial charge on any atom is 0.481 e. The third-order valence-corrected chi connectivity index (χ3v) is 12.2. The zero-order valence-electron chi connectivity index (χ0n) is 31.4. The highest BCUT2D eigenvalue weighted by Crippen LogP contribution is 2.61. The number of nitrogen functional groups attached to an aromatic ring is 1. The number of aliphatic imine (C=N–C) groups is 2. The van der Waals surface area contributed by atoms with E-state index in [1.54, 1.807) is 0 Å². The molecular formula is C30H40N7O19P3S-4. The SMILES string of the molecule is CC(C)(COP(=O)(O)OP(=O)(O)OCC1OC(n2cnc3c(N)ncnc32)C(O)C1OP(=O)([O-])O)C(O)C([O-])=NCCC([O-])=NCCSC(=O)CC(O)c1ccc([O-])cc1. The van der Waals surface area contributed by atoms with Gasteiger partial charge >= 0.3 is 15.6 Å². The van der Waals surface area contributed by atoms with Gasteiger partial charge in [-0.25, -0.2) is 24.1 Å². The molecule has 0 saturated carbocycles. The number of phosphoric acid groups is 3. The van der Waals surface area contributed by atoms with E-state index < -0.39 is 97.2 Å². The fourth-order valence-corrected chi connectivity index (χ4v) is 8.72. The summed E-state index contributed by atoms with van der Waals surface area (Å²) in [6, 6.07) is 5.34. The fourth-order valence-electron chi connectivity index (χ4n) is 5.21. The Bertz CT molecular complexity index is 2160. The number of carbonyl (C=O) groups excluding carboxylic acids is 1. The van der Waals surface area contributed by atoms with Crippen molar-refractivity contribution in [1.82, 2.24) is 19.5 Å². The van der Waals surface area contributed by atoms with Crippen LogP contribution < -0.4 is 25.9 Å². The topological polar surface area (TPSA) is 422 Å². The van der Waals surface area contributed by atoms with Gasteiger partial charge in [-0.3, -0.25) is 23.0 Å². The second-order valence-corrected chi connectivity index (χ2v) is 18.8. The van der Waals surface area contributed by atoms with E-state index in [-0.39, 0.29) is 53.0 Å². The van der Waals surface area contributed by atoms with E-state index in [1.165, 1.54) is 38.1 Å². The van der Waals surface area contributed by atoms with Gasteiger partial charge in [-0.05, 0) is 23.8 Å². The first-order chi connectivity index (χ1) is 27.9. The molecule has 0 aliphatic carbocycles. The van der Waals surface area contributed by atoms with Gasteiger partial charge in [-0.1, -0.05) is 49.9 Å². The Balaban J connectivity index is 1.24. The van der Waals surface area contributed by atoms with Crippen molar-refractivity contribution >= 4 is 69.1 Å². The summed E-state index contributed by atoms with van der Waals surface area (Å²) in [4.78, 5) is 72.4. The lowest BCUT2D eigenvalue weighted by Crippen LogP contribution is -2.45. The van der Waals surface area contributed by atoms with Crippen molar-refractivity contribution in [3.05, 3.63) is 42.5 Å². The van der Waals surface area contributed by atoms with Crippen molar-refractivity contribution in [2.24, 2.45) is 15.4 Å². The lowest BCUT2D eigenvalue weighted by atomic mass is 9.87. The zero-order chi connectivity index (χ0) is 44.6. The summed E-state index contributed by atoms with van der Waals surface area (Å²) in [6.07, 6.45) is -8.85. The number of aliphatic hydroxyl groups is 3. The molecule has 4 rings (SSSR count). The van der Waals surface area contributed by atoms with E-state index in [0.717, 1.165) is 29.0 Å². The maximum absolute atomic E-state index is 12.7. The Labute approximate surface area is 344 Å². The molecule has 1 saturated heterocycles. The average molecular weight is 928 g/mol. The van der Waals surface area contributed by atoms with E-state index in [4.69, 9.17) is 19.5 Å². The number of nitrogens with two attached hydrogens (primary N) is 1. The molecule has 3 heterocycles. The molecule has 26 nitrogen and oxygen atoms in total. The van der Waals surface area contributed by atoms with Crippen LogP contribution in [0.25, 0.3) is 11.2 Å². The molecular weight excluding hydrogens is 887 g/mol. The summed E-state index contributed by atoms with van der Waals surface area (Å²) in [6.45, 7) is -0.224. The van der Waals surface area contributed by atoms with Gasteiger partial charge in [0.1, 0.15) is 30.2 Å². The summed E-state index contributed by atoms with van der Waals surface area (Å²) in [5, 5.41) is 67.0. The molecule has 0 bridgehead atoms. The number of fused-ring (bicyclic) bond motifs is 1. The minimum Gasteiger partial charge on any atom is -0.872 e. The number of aliphatic hydroxyl groups excluding tert-OH is 3. The van der Waals surface area contributed by atoms with Crippen molar-refractivity contribution in [2.45, 2.75) is 63.4 Å². The number of carbonyl (C=O) groups is 1. The second kappa shape index (κ2) is 20.6. The van der Waals surface area contributed by atoms with Crippen LogP contribution in [0.4, 0.5) is 5.82 Å². The highest BCUT2D eigenvalue weighted by Gasteiger charge is 2.49. The Morgan fingerprint density at radius 3 is 2.38 bits per heavy atom. The lowest BCUT2D eigenvalue weighted by molar-refractivity contribution is -0.268. The van der Waals surface area contributed by atoms with Crippen LogP contribution in [0.3, 0.4) is 0 Å². The van der Waals surface area contributed by atoms with Crippen molar-refractivity contribution in [2.75, 3.05) is 37.8 Å². The molecule has 9 atom stereocenters. The average Bonchev–Trinajstić information content (AvgIpc) is 3.71. The highest BCUT2D eigenvalue weighted by atomic mass is 32.2. The molecule has 0 spiro atoms. The predicted molar refractivity (Wildman–Crippen MR) is 199 cm³/mol. The quantitative estimate of drug-likeness (QED) is 0.0237. The molecule has 8 N–H and O–H groups in total. The van der Waals surface area contributed by atoms with Crippen LogP contribution >= 0.6 is 35.2 Å². The van der Waals surface area contributed by atoms with Crippen LogP contribution in [-0.4, -0.2) is 123 Å². The molecule has 1 aliphatic rings. The summed E-state index contributed by atoms with van der Waals surface area (Å²) >= 11 is 0.834.